The molecule has 4 heteroatoms. The first kappa shape index (κ1) is 15.7. The van der Waals surface area contributed by atoms with Crippen LogP contribution in [-0.4, -0.2) is 37.5 Å². The molecule has 0 saturated heterocycles. The van der Waals surface area contributed by atoms with Crippen LogP contribution in [0.4, 0.5) is 0 Å². The molecule has 0 aromatic heterocycles. The Labute approximate surface area is 116 Å². The van der Waals surface area contributed by atoms with Crippen LogP contribution in [0.5, 0.6) is 0 Å². The topological polar surface area (TPSA) is 58.4 Å². The number of nitrogens with one attached hydrogen (secondary N) is 1. The smallest absolute Gasteiger partial charge is 0.234 e. The number of nitrogens with two attached hydrogens (primary N) is 1. The van der Waals surface area contributed by atoms with Gasteiger partial charge in [-0.15, -0.1) is 0 Å². The van der Waals surface area contributed by atoms with E-state index < -0.39 is 0 Å². The summed E-state index contributed by atoms with van der Waals surface area (Å²) in [7, 11) is 1.97. The van der Waals surface area contributed by atoms with Crippen LogP contribution in [0.3, 0.4) is 0 Å². The van der Waals surface area contributed by atoms with Crippen molar-refractivity contribution in [1.82, 2.24) is 10.2 Å². The van der Waals surface area contributed by atoms with Gasteiger partial charge in [0.25, 0.3) is 0 Å². The molecule has 0 aliphatic heterocycles. The molecule has 1 aromatic carbocycles. The Morgan fingerprint density at radius 1 is 1.37 bits per heavy atom. The van der Waals surface area contributed by atoms with E-state index in [1.807, 2.05) is 32.2 Å². The van der Waals surface area contributed by atoms with Crippen molar-refractivity contribution in [2.45, 2.75) is 25.8 Å². The van der Waals surface area contributed by atoms with Crippen LogP contribution in [-0.2, 0) is 4.79 Å². The summed E-state index contributed by atoms with van der Waals surface area (Å²) >= 11 is 0. The molecule has 1 amide bonds. The predicted octanol–water partition coefficient (Wildman–Crippen LogP) is 1.53. The zero-order chi connectivity index (χ0) is 14.1. The summed E-state index contributed by atoms with van der Waals surface area (Å²) in [4.78, 5) is 13.8. The minimum atomic E-state index is 0.0716. The van der Waals surface area contributed by atoms with Gasteiger partial charge < -0.3 is 11.1 Å². The average Bonchev–Trinajstić information content (AvgIpc) is 2.43. The lowest BCUT2D eigenvalue weighted by atomic mass is 10.0. The van der Waals surface area contributed by atoms with Gasteiger partial charge in [0.15, 0.2) is 0 Å². The first-order chi connectivity index (χ1) is 9.19. The number of hydrogen-bond donors (Lipinski definition) is 2. The third-order valence-electron chi connectivity index (χ3n) is 3.12. The molecule has 106 valence electrons. The van der Waals surface area contributed by atoms with E-state index in [1.165, 1.54) is 5.56 Å². The minimum Gasteiger partial charge on any atom is -0.355 e. The molecule has 0 spiro atoms. The summed E-state index contributed by atoms with van der Waals surface area (Å²) in [5, 5.41) is 2.90. The third kappa shape index (κ3) is 5.41. The fourth-order valence-electron chi connectivity index (χ4n) is 2.13. The lowest BCUT2D eigenvalue weighted by molar-refractivity contribution is -0.122. The van der Waals surface area contributed by atoms with Gasteiger partial charge in [0.2, 0.25) is 5.91 Å². The third-order valence-corrected chi connectivity index (χ3v) is 3.12. The van der Waals surface area contributed by atoms with Gasteiger partial charge in [-0.2, -0.15) is 0 Å². The van der Waals surface area contributed by atoms with Crippen molar-refractivity contribution in [3.63, 3.8) is 0 Å². The van der Waals surface area contributed by atoms with Crippen molar-refractivity contribution in [1.29, 1.82) is 0 Å². The molecule has 1 aromatic rings. The molecule has 0 aliphatic rings. The number of hydrogen-bond acceptors (Lipinski definition) is 3. The molecule has 0 bridgehead atoms. The molecule has 0 saturated carbocycles. The van der Waals surface area contributed by atoms with Crippen LogP contribution in [0.15, 0.2) is 30.3 Å². The molecule has 4 nitrogen and oxygen atoms in total. The normalized spacial score (nSPS) is 12.4. The Hall–Kier alpha value is -1.39. The van der Waals surface area contributed by atoms with E-state index in [4.69, 9.17) is 5.73 Å². The number of benzene rings is 1. The fraction of sp³-hybridized carbons (Fsp3) is 0.533. The number of nitrogens with zero attached hydrogens (tertiary/aromatic N) is 1. The molecule has 0 radical (unpaired) electrons. The Morgan fingerprint density at radius 2 is 2.05 bits per heavy atom. The molecule has 19 heavy (non-hydrogen) atoms. The molecule has 1 atom stereocenters. The van der Waals surface area contributed by atoms with Crippen LogP contribution in [0.25, 0.3) is 0 Å². The zero-order valence-electron chi connectivity index (χ0n) is 11.9. The summed E-state index contributed by atoms with van der Waals surface area (Å²) in [5.74, 6) is 0.0716. The molecule has 0 aliphatic carbocycles. The minimum absolute atomic E-state index is 0.0716. The van der Waals surface area contributed by atoms with E-state index in [2.05, 4.69) is 22.3 Å². The van der Waals surface area contributed by atoms with E-state index in [9.17, 15) is 4.79 Å². The Kier molecular flexibility index (Phi) is 7.15. The van der Waals surface area contributed by atoms with E-state index in [-0.39, 0.29) is 11.9 Å². The molecule has 0 fully saturated rings. The SMILES string of the molecule is CCCNC(=O)CN(C)C(CCN)c1ccccc1. The highest BCUT2D eigenvalue weighted by molar-refractivity contribution is 5.78. The molecule has 1 rings (SSSR count). The van der Waals surface area contributed by atoms with E-state index in [1.54, 1.807) is 0 Å². The number of carbonyl (C=O) groups is 1. The summed E-state index contributed by atoms with van der Waals surface area (Å²) in [6.45, 7) is 3.80. The molecule has 1 unspecified atom stereocenters. The second-order valence-corrected chi connectivity index (χ2v) is 4.77. The van der Waals surface area contributed by atoms with Gasteiger partial charge in [0.05, 0.1) is 6.54 Å². The summed E-state index contributed by atoms with van der Waals surface area (Å²) in [6, 6.07) is 10.4. The van der Waals surface area contributed by atoms with Crippen LogP contribution < -0.4 is 11.1 Å². The molecular formula is C15H25N3O. The quantitative estimate of drug-likeness (QED) is 0.748. The van der Waals surface area contributed by atoms with Crippen LogP contribution in [0, 0.1) is 0 Å². The van der Waals surface area contributed by atoms with Crippen LogP contribution >= 0.6 is 0 Å². The van der Waals surface area contributed by atoms with Crippen molar-refractivity contribution in [2.24, 2.45) is 5.73 Å². The maximum Gasteiger partial charge on any atom is 0.234 e. The number of amides is 1. The summed E-state index contributed by atoms with van der Waals surface area (Å²) in [5.41, 5.74) is 6.90. The highest BCUT2D eigenvalue weighted by Crippen LogP contribution is 2.21. The van der Waals surface area contributed by atoms with Crippen molar-refractivity contribution in [2.75, 3.05) is 26.7 Å². The standard InChI is InChI=1S/C15H25N3O/c1-3-11-17-15(19)12-18(2)14(9-10-16)13-7-5-4-6-8-13/h4-8,14H,3,9-12,16H2,1-2H3,(H,17,19). The van der Waals surface area contributed by atoms with Crippen LogP contribution in [0.2, 0.25) is 0 Å². The number of rotatable bonds is 8. The first-order valence-electron chi connectivity index (χ1n) is 6.91. The predicted molar refractivity (Wildman–Crippen MR) is 78.8 cm³/mol. The van der Waals surface area contributed by atoms with Gasteiger partial charge in [-0.25, -0.2) is 0 Å². The van der Waals surface area contributed by atoms with Gasteiger partial charge in [-0.1, -0.05) is 37.3 Å². The van der Waals surface area contributed by atoms with E-state index in [0.717, 1.165) is 19.4 Å². The maximum absolute atomic E-state index is 11.8. The highest BCUT2D eigenvalue weighted by atomic mass is 16.2. The number of likely N-dealkylation sites (N-methyl/N-ethyl adjacent to an activating group) is 1. The van der Waals surface area contributed by atoms with Gasteiger partial charge in [-0.05, 0) is 32.0 Å². The molecular weight excluding hydrogens is 238 g/mol. The van der Waals surface area contributed by atoms with Gasteiger partial charge in [-0.3, -0.25) is 9.69 Å². The zero-order valence-corrected chi connectivity index (χ0v) is 11.9. The first-order valence-corrected chi connectivity index (χ1v) is 6.91. The van der Waals surface area contributed by atoms with Gasteiger partial charge in [0, 0.05) is 12.6 Å². The van der Waals surface area contributed by atoms with Crippen molar-refractivity contribution < 1.29 is 4.79 Å². The summed E-state index contributed by atoms with van der Waals surface area (Å²) < 4.78 is 0. The lowest BCUT2D eigenvalue weighted by Gasteiger charge is -2.27. The Morgan fingerprint density at radius 3 is 2.63 bits per heavy atom. The van der Waals surface area contributed by atoms with Crippen molar-refractivity contribution in [3.8, 4) is 0 Å². The van der Waals surface area contributed by atoms with Gasteiger partial charge in [0.1, 0.15) is 0 Å². The number of carbonyl (C=O) groups excluding carboxylic acids is 1. The Bertz CT molecular complexity index is 367. The monoisotopic (exact) mass is 263 g/mol. The summed E-state index contributed by atoms with van der Waals surface area (Å²) in [6.07, 6.45) is 1.81. The average molecular weight is 263 g/mol. The van der Waals surface area contributed by atoms with E-state index >= 15 is 0 Å². The van der Waals surface area contributed by atoms with Crippen LogP contribution in [0.1, 0.15) is 31.4 Å². The maximum atomic E-state index is 11.8. The van der Waals surface area contributed by atoms with Gasteiger partial charge >= 0.3 is 0 Å². The second kappa shape index (κ2) is 8.67. The second-order valence-electron chi connectivity index (χ2n) is 4.77. The lowest BCUT2D eigenvalue weighted by Crippen LogP contribution is -2.38. The molecule has 0 heterocycles. The Balaban J connectivity index is 2.63. The van der Waals surface area contributed by atoms with Crippen molar-refractivity contribution in [3.05, 3.63) is 35.9 Å². The fourth-order valence-corrected chi connectivity index (χ4v) is 2.13. The highest BCUT2D eigenvalue weighted by Gasteiger charge is 2.18. The largest absolute Gasteiger partial charge is 0.355 e. The van der Waals surface area contributed by atoms with Crippen molar-refractivity contribution >= 4 is 5.91 Å². The van der Waals surface area contributed by atoms with E-state index in [0.29, 0.717) is 13.1 Å². The molecule has 3 N–H and O–H groups in total.